The summed E-state index contributed by atoms with van der Waals surface area (Å²) in [5.74, 6) is 0.815. The molecule has 2 aromatic rings. The molecule has 2 fully saturated rings. The maximum Gasteiger partial charge on any atom is 0.338 e. The smallest absolute Gasteiger partial charge is 0.338 e. The molecule has 8 atom stereocenters. The molecule has 0 saturated carbocycles. The van der Waals surface area contributed by atoms with E-state index in [1.165, 1.54) is 39.5 Å². The fourth-order valence-corrected chi connectivity index (χ4v) is 4.29. The highest BCUT2D eigenvalue weighted by Crippen LogP contribution is 2.31. The Labute approximate surface area is 235 Å². The van der Waals surface area contributed by atoms with Crippen molar-refractivity contribution in [2.24, 2.45) is 0 Å². The van der Waals surface area contributed by atoms with Crippen LogP contribution in [-0.2, 0) is 18.9 Å². The number of aliphatic hydroxyl groups is 5. The molecule has 0 aromatic heterocycles. The topological polar surface area (TPSA) is 192 Å². The second kappa shape index (κ2) is 13.2. The standard InChI is InChI=1S/C27H34O14/c1-34-15-5-7-16(8-6-15)40-25-22(30)21(29)20(28)19(41-25)11-37-26-23(31)27(33,13-39-26)12-38-24(32)14-4-9-17(35-2)18(10-14)36-3/h4-10,19-23,25-26,28-31,33H,11-13H2,1-3H3/t19-,20-,21+,22-,23+,25+,26-,27-/m1/s1. The number of carbonyl (C=O) groups excluding carboxylic acids is 1. The van der Waals surface area contributed by atoms with Gasteiger partial charge in [-0.25, -0.2) is 4.79 Å². The van der Waals surface area contributed by atoms with Crippen molar-refractivity contribution in [3.05, 3.63) is 48.0 Å². The SMILES string of the molecule is COc1ccc(O[C@H]2O[C@H](CO[C@@H]3OC[C@](O)(COC(=O)c4ccc(OC)c(OC)c4)[C@H]3O)[C@@H](O)[C@H](O)[C@H]2O)cc1. The second-order valence-corrected chi connectivity index (χ2v) is 9.52. The predicted octanol–water partition coefficient (Wildman–Crippen LogP) is -0.779. The van der Waals surface area contributed by atoms with Gasteiger partial charge in [0, 0.05) is 0 Å². The van der Waals surface area contributed by atoms with Gasteiger partial charge in [0.2, 0.25) is 6.29 Å². The number of benzene rings is 2. The van der Waals surface area contributed by atoms with Gasteiger partial charge in [-0.3, -0.25) is 0 Å². The summed E-state index contributed by atoms with van der Waals surface area (Å²) < 4.78 is 42.7. The lowest BCUT2D eigenvalue weighted by Gasteiger charge is -2.40. The van der Waals surface area contributed by atoms with Crippen LogP contribution in [0.4, 0.5) is 0 Å². The molecule has 0 unspecified atom stereocenters. The fraction of sp³-hybridized carbons (Fsp3) is 0.519. The molecule has 2 aromatic carbocycles. The Balaban J connectivity index is 1.32. The van der Waals surface area contributed by atoms with Crippen LogP contribution in [0.25, 0.3) is 0 Å². The highest BCUT2D eigenvalue weighted by molar-refractivity contribution is 5.90. The number of carbonyl (C=O) groups is 1. The first-order chi connectivity index (χ1) is 19.6. The Morgan fingerprint density at radius 3 is 2.22 bits per heavy atom. The van der Waals surface area contributed by atoms with Gasteiger partial charge in [-0.2, -0.15) is 0 Å². The molecule has 0 amide bonds. The van der Waals surface area contributed by atoms with Crippen LogP contribution in [0, 0.1) is 0 Å². The molecule has 2 aliphatic rings. The molecular formula is C27H34O14. The third kappa shape index (κ3) is 6.82. The maximum absolute atomic E-state index is 12.5. The van der Waals surface area contributed by atoms with Gasteiger partial charge < -0.3 is 63.4 Å². The molecule has 2 heterocycles. The van der Waals surface area contributed by atoms with E-state index in [4.69, 9.17) is 37.9 Å². The molecule has 2 saturated heterocycles. The minimum absolute atomic E-state index is 0.128. The van der Waals surface area contributed by atoms with Gasteiger partial charge in [0.15, 0.2) is 23.4 Å². The number of rotatable bonds is 11. The molecule has 41 heavy (non-hydrogen) atoms. The maximum atomic E-state index is 12.5. The number of ether oxygens (including phenoxy) is 8. The van der Waals surface area contributed by atoms with Crippen molar-refractivity contribution in [3.63, 3.8) is 0 Å². The first-order valence-corrected chi connectivity index (χ1v) is 12.6. The first kappa shape index (κ1) is 30.7. The zero-order chi connectivity index (χ0) is 29.7. The van der Waals surface area contributed by atoms with E-state index in [1.54, 1.807) is 24.3 Å². The summed E-state index contributed by atoms with van der Waals surface area (Å²) in [6.07, 6.45) is -10.4. The van der Waals surface area contributed by atoms with Crippen LogP contribution in [-0.4, -0.2) is 121 Å². The van der Waals surface area contributed by atoms with Crippen molar-refractivity contribution in [1.29, 1.82) is 0 Å². The summed E-state index contributed by atoms with van der Waals surface area (Å²) in [4.78, 5) is 12.5. The molecule has 5 N–H and O–H groups in total. The Morgan fingerprint density at radius 2 is 1.56 bits per heavy atom. The molecule has 14 nitrogen and oxygen atoms in total. The molecule has 2 aliphatic heterocycles. The monoisotopic (exact) mass is 582 g/mol. The highest BCUT2D eigenvalue weighted by atomic mass is 16.7. The van der Waals surface area contributed by atoms with E-state index in [9.17, 15) is 30.3 Å². The van der Waals surface area contributed by atoms with Crippen LogP contribution >= 0.6 is 0 Å². The second-order valence-electron chi connectivity index (χ2n) is 9.52. The van der Waals surface area contributed by atoms with Crippen molar-refractivity contribution < 1.29 is 68.2 Å². The third-order valence-corrected chi connectivity index (χ3v) is 6.78. The zero-order valence-electron chi connectivity index (χ0n) is 22.6. The number of esters is 1. The summed E-state index contributed by atoms with van der Waals surface area (Å²) in [6, 6.07) is 10.8. The van der Waals surface area contributed by atoms with Crippen molar-refractivity contribution in [2.75, 3.05) is 41.2 Å². The lowest BCUT2D eigenvalue weighted by Crippen LogP contribution is -2.60. The van der Waals surface area contributed by atoms with Gasteiger partial charge in [-0.1, -0.05) is 0 Å². The Bertz CT molecular complexity index is 1160. The number of aliphatic hydroxyl groups excluding tert-OH is 4. The van der Waals surface area contributed by atoms with E-state index in [-0.39, 0.29) is 5.56 Å². The van der Waals surface area contributed by atoms with Crippen molar-refractivity contribution in [2.45, 2.75) is 48.7 Å². The summed E-state index contributed by atoms with van der Waals surface area (Å²) in [5.41, 5.74) is -1.87. The van der Waals surface area contributed by atoms with E-state index in [1.807, 2.05) is 0 Å². The largest absolute Gasteiger partial charge is 0.497 e. The first-order valence-electron chi connectivity index (χ1n) is 12.6. The number of hydrogen-bond donors (Lipinski definition) is 5. The van der Waals surface area contributed by atoms with Crippen LogP contribution in [0.5, 0.6) is 23.0 Å². The number of hydrogen-bond acceptors (Lipinski definition) is 14. The molecular weight excluding hydrogens is 548 g/mol. The molecule has 0 aliphatic carbocycles. The lowest BCUT2D eigenvalue weighted by molar-refractivity contribution is -0.289. The van der Waals surface area contributed by atoms with Gasteiger partial charge in [0.25, 0.3) is 0 Å². The average molecular weight is 583 g/mol. The van der Waals surface area contributed by atoms with E-state index in [2.05, 4.69) is 0 Å². The fourth-order valence-electron chi connectivity index (χ4n) is 4.29. The average Bonchev–Trinajstić information content (AvgIpc) is 3.28. The zero-order valence-corrected chi connectivity index (χ0v) is 22.6. The van der Waals surface area contributed by atoms with Gasteiger partial charge >= 0.3 is 5.97 Å². The van der Waals surface area contributed by atoms with E-state index < -0.39 is 74.5 Å². The van der Waals surface area contributed by atoms with Crippen LogP contribution in [0.2, 0.25) is 0 Å². The molecule has 14 heteroatoms. The van der Waals surface area contributed by atoms with Crippen molar-refractivity contribution >= 4 is 5.97 Å². The van der Waals surface area contributed by atoms with Crippen LogP contribution in [0.3, 0.4) is 0 Å². The van der Waals surface area contributed by atoms with Crippen LogP contribution in [0.15, 0.2) is 42.5 Å². The molecule has 0 bridgehead atoms. The molecule has 226 valence electrons. The van der Waals surface area contributed by atoms with E-state index in [0.29, 0.717) is 23.0 Å². The summed E-state index contributed by atoms with van der Waals surface area (Å²) >= 11 is 0. The Morgan fingerprint density at radius 1 is 0.878 bits per heavy atom. The minimum Gasteiger partial charge on any atom is -0.497 e. The minimum atomic E-state index is -2.00. The summed E-state index contributed by atoms with van der Waals surface area (Å²) in [7, 11) is 4.37. The van der Waals surface area contributed by atoms with E-state index in [0.717, 1.165) is 0 Å². The van der Waals surface area contributed by atoms with Gasteiger partial charge in [-0.15, -0.1) is 0 Å². The Hall–Kier alpha value is -3.21. The van der Waals surface area contributed by atoms with Crippen LogP contribution < -0.4 is 18.9 Å². The molecule has 0 spiro atoms. The normalized spacial score (nSPS) is 31.4. The molecule has 0 radical (unpaired) electrons. The Kier molecular flexibility index (Phi) is 9.88. The number of methoxy groups -OCH3 is 3. The van der Waals surface area contributed by atoms with Crippen molar-refractivity contribution in [3.8, 4) is 23.0 Å². The van der Waals surface area contributed by atoms with Crippen LogP contribution in [0.1, 0.15) is 10.4 Å². The lowest BCUT2D eigenvalue weighted by atomic mass is 9.99. The van der Waals surface area contributed by atoms with E-state index >= 15 is 0 Å². The molecule has 4 rings (SSSR count). The quantitative estimate of drug-likeness (QED) is 0.207. The van der Waals surface area contributed by atoms with Gasteiger partial charge in [0.05, 0.1) is 40.1 Å². The summed E-state index contributed by atoms with van der Waals surface area (Å²) in [5, 5.41) is 52.6. The van der Waals surface area contributed by atoms with Crippen molar-refractivity contribution in [1.82, 2.24) is 0 Å². The van der Waals surface area contributed by atoms with Gasteiger partial charge in [0.1, 0.15) is 48.6 Å². The van der Waals surface area contributed by atoms with Gasteiger partial charge in [-0.05, 0) is 42.5 Å². The third-order valence-electron chi connectivity index (χ3n) is 6.78. The highest BCUT2D eigenvalue weighted by Gasteiger charge is 2.51. The predicted molar refractivity (Wildman–Crippen MR) is 137 cm³/mol. The summed E-state index contributed by atoms with van der Waals surface area (Å²) in [6.45, 7) is -1.47.